The molecule has 25 heavy (non-hydrogen) atoms. The van der Waals surface area contributed by atoms with Gasteiger partial charge in [0.05, 0.1) is 18.5 Å². The van der Waals surface area contributed by atoms with Gasteiger partial charge < -0.3 is 25.4 Å². The maximum Gasteiger partial charge on any atom is 0.167 e. The molecule has 3 heterocycles. The topological polar surface area (TPSA) is 129 Å². The van der Waals surface area contributed by atoms with Gasteiger partial charge in [-0.05, 0) is 19.8 Å². The maximum absolute atomic E-state index is 10.4. The Balaban J connectivity index is 1.52. The van der Waals surface area contributed by atoms with E-state index in [4.69, 9.17) is 15.2 Å². The molecule has 2 aromatic heterocycles. The van der Waals surface area contributed by atoms with E-state index in [9.17, 15) is 10.2 Å². The second-order valence-electron chi connectivity index (χ2n) is 7.10. The summed E-state index contributed by atoms with van der Waals surface area (Å²) in [5.41, 5.74) is 6.51. The molecule has 0 radical (unpaired) electrons. The van der Waals surface area contributed by atoms with Crippen molar-refractivity contribution in [1.29, 1.82) is 0 Å². The number of ether oxygens (including phenoxy) is 2. The molecular formula is C16H23N5O4. The molecule has 4 N–H and O–H groups in total. The molecule has 1 saturated carbocycles. The van der Waals surface area contributed by atoms with Gasteiger partial charge in [0.25, 0.3) is 0 Å². The molecular weight excluding hydrogens is 326 g/mol. The minimum absolute atomic E-state index is 0.171. The predicted molar refractivity (Wildman–Crippen MR) is 88.5 cm³/mol. The number of hydrogen-bond donors (Lipinski definition) is 3. The second-order valence-corrected chi connectivity index (χ2v) is 7.10. The highest BCUT2D eigenvalue weighted by Crippen LogP contribution is 2.36. The number of aliphatic hydroxyl groups is 2. The van der Waals surface area contributed by atoms with Crippen LogP contribution in [-0.2, 0) is 9.47 Å². The molecule has 0 aromatic carbocycles. The van der Waals surface area contributed by atoms with Crippen LogP contribution in [0, 0.1) is 0 Å². The van der Waals surface area contributed by atoms with Crippen molar-refractivity contribution in [2.45, 2.75) is 62.7 Å². The summed E-state index contributed by atoms with van der Waals surface area (Å²) in [4.78, 5) is 12.2. The lowest BCUT2D eigenvalue weighted by atomic mass is 10.1. The Hall–Kier alpha value is -1.81. The number of aliphatic hydroxyl groups excluding tert-OH is 2. The van der Waals surface area contributed by atoms with Gasteiger partial charge in [-0.2, -0.15) is 0 Å². The third kappa shape index (κ3) is 2.86. The molecule has 9 nitrogen and oxygen atoms in total. The third-order valence-corrected chi connectivity index (χ3v) is 5.26. The summed E-state index contributed by atoms with van der Waals surface area (Å²) in [5, 5.41) is 20.8. The molecule has 0 bridgehead atoms. The van der Waals surface area contributed by atoms with Gasteiger partial charge in [0.1, 0.15) is 30.2 Å². The monoisotopic (exact) mass is 349 g/mol. The molecule has 1 aliphatic carbocycles. The minimum atomic E-state index is -1.11. The Bertz CT molecular complexity index is 760. The number of fused-ring (bicyclic) bond motifs is 1. The summed E-state index contributed by atoms with van der Waals surface area (Å²) in [5.74, 6) is 0.255. The molecule has 4 rings (SSSR count). The van der Waals surface area contributed by atoms with Gasteiger partial charge >= 0.3 is 0 Å². The molecule has 136 valence electrons. The van der Waals surface area contributed by atoms with Crippen LogP contribution in [0.15, 0.2) is 12.7 Å². The zero-order valence-electron chi connectivity index (χ0n) is 14.1. The number of nitrogens with two attached hydrogens (primary N) is 1. The van der Waals surface area contributed by atoms with Crippen LogP contribution in [0.4, 0.5) is 5.82 Å². The maximum atomic E-state index is 10.4. The van der Waals surface area contributed by atoms with Gasteiger partial charge in [-0.1, -0.05) is 12.8 Å². The van der Waals surface area contributed by atoms with E-state index in [0.29, 0.717) is 11.2 Å². The first-order valence-corrected chi connectivity index (χ1v) is 8.57. The summed E-state index contributed by atoms with van der Waals surface area (Å²) < 4.78 is 13.4. The smallest absolute Gasteiger partial charge is 0.167 e. The highest BCUT2D eigenvalue weighted by molar-refractivity contribution is 5.81. The fourth-order valence-electron chi connectivity index (χ4n) is 3.70. The zero-order chi connectivity index (χ0) is 17.6. The van der Waals surface area contributed by atoms with Gasteiger partial charge in [0, 0.05) is 0 Å². The van der Waals surface area contributed by atoms with Crippen LogP contribution in [0.2, 0.25) is 0 Å². The minimum Gasteiger partial charge on any atom is -0.387 e. The van der Waals surface area contributed by atoms with Crippen molar-refractivity contribution >= 4 is 17.0 Å². The summed E-state index contributed by atoms with van der Waals surface area (Å²) in [6.07, 6.45) is 3.54. The van der Waals surface area contributed by atoms with Crippen molar-refractivity contribution in [1.82, 2.24) is 19.5 Å². The SMILES string of the molecule is CC1(OC[C@H]2O[C@@H](n3cnc4c(N)ncnc43)[C@H](O)[C@@H]2O)CCCC1. The lowest BCUT2D eigenvalue weighted by molar-refractivity contribution is -0.108. The van der Waals surface area contributed by atoms with E-state index in [1.54, 1.807) is 4.57 Å². The number of nitrogen functional groups attached to an aromatic ring is 1. The van der Waals surface area contributed by atoms with Crippen LogP contribution in [0.1, 0.15) is 38.8 Å². The first-order valence-electron chi connectivity index (χ1n) is 8.57. The predicted octanol–water partition coefficient (Wildman–Crippen LogP) is 0.377. The molecule has 1 saturated heterocycles. The van der Waals surface area contributed by atoms with Crippen molar-refractivity contribution in [3.8, 4) is 0 Å². The Labute approximate surface area is 144 Å². The second kappa shape index (κ2) is 6.17. The van der Waals surface area contributed by atoms with Gasteiger partial charge in [0.2, 0.25) is 0 Å². The van der Waals surface area contributed by atoms with E-state index < -0.39 is 24.5 Å². The first kappa shape index (κ1) is 16.6. The number of rotatable bonds is 4. The van der Waals surface area contributed by atoms with Crippen LogP contribution in [0.3, 0.4) is 0 Å². The molecule has 0 spiro atoms. The molecule has 1 aliphatic heterocycles. The van der Waals surface area contributed by atoms with Gasteiger partial charge in [-0.3, -0.25) is 4.57 Å². The number of nitrogens with zero attached hydrogens (tertiary/aromatic N) is 4. The van der Waals surface area contributed by atoms with E-state index >= 15 is 0 Å². The first-order chi connectivity index (χ1) is 12.0. The lowest BCUT2D eigenvalue weighted by Crippen LogP contribution is -2.37. The van der Waals surface area contributed by atoms with Crippen molar-refractivity contribution in [2.75, 3.05) is 12.3 Å². The van der Waals surface area contributed by atoms with Crippen molar-refractivity contribution in [3.05, 3.63) is 12.7 Å². The molecule has 9 heteroatoms. The number of imidazole rings is 1. The third-order valence-electron chi connectivity index (χ3n) is 5.26. The normalized spacial score (nSPS) is 31.8. The molecule has 2 aliphatic rings. The average Bonchev–Trinajstić information content (AvgIpc) is 3.27. The Morgan fingerprint density at radius 2 is 2.04 bits per heavy atom. The molecule has 0 unspecified atom stereocenters. The summed E-state index contributed by atoms with van der Waals surface area (Å²) >= 11 is 0. The van der Waals surface area contributed by atoms with E-state index in [2.05, 4.69) is 21.9 Å². The van der Waals surface area contributed by atoms with Crippen molar-refractivity contribution < 1.29 is 19.7 Å². The van der Waals surface area contributed by atoms with E-state index in [1.165, 1.54) is 12.7 Å². The van der Waals surface area contributed by atoms with E-state index in [-0.39, 0.29) is 18.0 Å². The van der Waals surface area contributed by atoms with Gasteiger partial charge in [-0.15, -0.1) is 0 Å². The highest BCUT2D eigenvalue weighted by Gasteiger charge is 2.45. The van der Waals surface area contributed by atoms with Crippen LogP contribution in [0.25, 0.3) is 11.2 Å². The number of anilines is 1. The zero-order valence-corrected chi connectivity index (χ0v) is 14.1. The van der Waals surface area contributed by atoms with Gasteiger partial charge in [0.15, 0.2) is 17.7 Å². The number of hydrogen-bond acceptors (Lipinski definition) is 8. The lowest BCUT2D eigenvalue weighted by Gasteiger charge is -2.26. The van der Waals surface area contributed by atoms with Crippen LogP contribution in [0.5, 0.6) is 0 Å². The van der Waals surface area contributed by atoms with Crippen molar-refractivity contribution in [3.63, 3.8) is 0 Å². The average molecular weight is 349 g/mol. The Kier molecular flexibility index (Phi) is 4.11. The molecule has 4 atom stereocenters. The molecule has 2 aromatic rings. The quantitative estimate of drug-likeness (QED) is 0.722. The van der Waals surface area contributed by atoms with Gasteiger partial charge in [-0.25, -0.2) is 15.0 Å². The molecule has 2 fully saturated rings. The van der Waals surface area contributed by atoms with Crippen LogP contribution < -0.4 is 5.73 Å². The Morgan fingerprint density at radius 1 is 1.28 bits per heavy atom. The highest BCUT2D eigenvalue weighted by atomic mass is 16.6. The van der Waals surface area contributed by atoms with Crippen molar-refractivity contribution in [2.24, 2.45) is 0 Å². The largest absolute Gasteiger partial charge is 0.387 e. The van der Waals surface area contributed by atoms with Crippen LogP contribution in [-0.4, -0.2) is 60.3 Å². The summed E-state index contributed by atoms with van der Waals surface area (Å²) in [7, 11) is 0. The van der Waals surface area contributed by atoms with E-state index in [1.807, 2.05) is 0 Å². The fraction of sp³-hybridized carbons (Fsp3) is 0.688. The molecule has 0 amide bonds. The summed E-state index contributed by atoms with van der Waals surface area (Å²) in [6, 6.07) is 0. The fourth-order valence-corrected chi connectivity index (χ4v) is 3.70. The Morgan fingerprint density at radius 3 is 2.80 bits per heavy atom. The van der Waals surface area contributed by atoms with Crippen LogP contribution >= 0.6 is 0 Å². The number of aromatic nitrogens is 4. The standard InChI is InChI=1S/C16H23N5O4/c1-16(4-2-3-5-16)24-6-9-11(22)12(23)15(25-9)21-8-20-10-13(17)18-7-19-14(10)21/h7-9,11-12,15,22-23H,2-6H2,1H3,(H2,17,18,19)/t9-,11-,12-,15-/m1/s1. The van der Waals surface area contributed by atoms with E-state index in [0.717, 1.165) is 25.7 Å². The summed E-state index contributed by atoms with van der Waals surface area (Å²) in [6.45, 7) is 2.31.